The molecule has 5 aromatic heterocycles. The number of aryl methyl sites for hydroxylation is 1. The third-order valence-electron chi connectivity index (χ3n) is 18.9. The number of likely N-dealkylation sites (tertiary alicyclic amines) is 1. The topological polar surface area (TPSA) is 260 Å². The van der Waals surface area contributed by atoms with Gasteiger partial charge in [0.2, 0.25) is 11.8 Å². The Labute approximate surface area is 554 Å². The highest BCUT2D eigenvalue weighted by atomic mass is 32.2. The summed E-state index contributed by atoms with van der Waals surface area (Å²) in [4.78, 5) is 77.5. The molecule has 0 radical (unpaired) electrons. The summed E-state index contributed by atoms with van der Waals surface area (Å²) in [6.07, 6.45) is 8.36. The Morgan fingerprint density at radius 1 is 0.830 bits per heavy atom. The Morgan fingerprint density at radius 3 is 2.35 bits per heavy atom. The lowest BCUT2D eigenvalue weighted by molar-refractivity contribution is -0.141. The first kappa shape index (κ1) is 63.9. The van der Waals surface area contributed by atoms with Crippen molar-refractivity contribution in [2.24, 2.45) is 11.8 Å². The van der Waals surface area contributed by atoms with Crippen molar-refractivity contribution >= 4 is 83.2 Å². The van der Waals surface area contributed by atoms with Crippen molar-refractivity contribution in [1.29, 1.82) is 0 Å². The molecule has 4 N–H and O–H groups in total. The van der Waals surface area contributed by atoms with Crippen LogP contribution in [0.2, 0.25) is 0 Å². The van der Waals surface area contributed by atoms with Crippen LogP contribution in [0.5, 0.6) is 5.88 Å². The summed E-state index contributed by atoms with van der Waals surface area (Å²) in [5, 5.41) is 26.4. The molecule has 4 aliphatic rings. The Hall–Kier alpha value is -8.84. The van der Waals surface area contributed by atoms with Crippen LogP contribution in [-0.2, 0) is 39.1 Å². The molecule has 21 nitrogen and oxygen atoms in total. The van der Waals surface area contributed by atoms with E-state index in [1.807, 2.05) is 123 Å². The minimum absolute atomic E-state index is 0.00142. The molecular weight excluding hydrogens is 1250 g/mol. The van der Waals surface area contributed by atoms with Crippen molar-refractivity contribution < 1.29 is 42.0 Å². The van der Waals surface area contributed by atoms with Gasteiger partial charge in [0.1, 0.15) is 29.6 Å². The number of aromatic nitrogens is 6. The van der Waals surface area contributed by atoms with E-state index in [0.29, 0.717) is 84.8 Å². The van der Waals surface area contributed by atoms with E-state index in [0.717, 1.165) is 73.8 Å². The van der Waals surface area contributed by atoms with Crippen molar-refractivity contribution in [3.8, 4) is 27.4 Å². The Bertz CT molecular complexity index is 4340. The van der Waals surface area contributed by atoms with Crippen molar-refractivity contribution in [1.82, 2.24) is 44.8 Å². The van der Waals surface area contributed by atoms with Crippen molar-refractivity contribution in [2.75, 3.05) is 41.3 Å². The van der Waals surface area contributed by atoms with Crippen molar-refractivity contribution in [2.45, 2.75) is 141 Å². The first-order valence-electron chi connectivity index (χ1n) is 32.3. The van der Waals surface area contributed by atoms with Gasteiger partial charge in [0.15, 0.2) is 10.9 Å². The van der Waals surface area contributed by atoms with Gasteiger partial charge in [-0.15, -0.1) is 11.3 Å². The molecule has 3 fully saturated rings. The third-order valence-corrected chi connectivity index (χ3v) is 22.1. The van der Waals surface area contributed by atoms with Gasteiger partial charge in [-0.25, -0.2) is 28.1 Å². The predicted molar refractivity (Wildman–Crippen MR) is 362 cm³/mol. The van der Waals surface area contributed by atoms with Gasteiger partial charge in [-0.2, -0.15) is 5.10 Å². The fraction of sp³-hybridized carbons (Fsp3) is 0.386. The highest BCUT2D eigenvalue weighted by Crippen LogP contribution is 2.37. The SMILES string of the molecule is Cc1ncsc1-c1ccc([C@H](C)NC(=O)[C@@H]2C[C@@H](O)CN2C(=O)C(c2cc(OC3CCN(c4ccc(S(=O)(=O)NC(=O)c5nc(N6CCc7cccc(C(=O)Nc8nc9ccccc9s8)c7C6)ccc5-c5cnn(CC6CCCCC6)c5C)cc4)CC3)no2)C(C)C)cc1. The maximum Gasteiger partial charge on any atom is 0.284 e. The summed E-state index contributed by atoms with van der Waals surface area (Å²) in [6.45, 7) is 12.4. The summed E-state index contributed by atoms with van der Waals surface area (Å²) < 4.78 is 46.1. The van der Waals surface area contributed by atoms with Crippen LogP contribution in [0.25, 0.3) is 31.8 Å². The summed E-state index contributed by atoms with van der Waals surface area (Å²) in [6, 6.07) is 31.9. The second kappa shape index (κ2) is 27.2. The van der Waals surface area contributed by atoms with Gasteiger partial charge < -0.3 is 34.4 Å². The largest absolute Gasteiger partial charge is 0.472 e. The van der Waals surface area contributed by atoms with Crippen LogP contribution in [0.3, 0.4) is 0 Å². The monoisotopic (exact) mass is 1320 g/mol. The number of piperidine rings is 1. The number of aliphatic hydroxyl groups excluding tert-OH is 1. The smallest absolute Gasteiger partial charge is 0.284 e. The number of aliphatic hydroxyl groups is 1. The zero-order valence-electron chi connectivity index (χ0n) is 53.2. The molecule has 4 atom stereocenters. The molecule has 4 aromatic carbocycles. The first-order chi connectivity index (χ1) is 45.4. The number of hydrogen-bond acceptors (Lipinski definition) is 18. The minimum Gasteiger partial charge on any atom is -0.472 e. The number of para-hydroxylation sites is 1. The quantitative estimate of drug-likeness (QED) is 0.0586. The number of benzene rings is 4. The van der Waals surface area contributed by atoms with Gasteiger partial charge in [0.05, 0.1) is 49.5 Å². The fourth-order valence-electron chi connectivity index (χ4n) is 13.7. The summed E-state index contributed by atoms with van der Waals surface area (Å²) >= 11 is 2.98. The van der Waals surface area contributed by atoms with E-state index in [4.69, 9.17) is 19.3 Å². The van der Waals surface area contributed by atoms with Gasteiger partial charge in [-0.1, -0.05) is 93.0 Å². The summed E-state index contributed by atoms with van der Waals surface area (Å²) in [5.74, 6) is -1.47. The normalized spacial score (nSPS) is 17.9. The van der Waals surface area contributed by atoms with Gasteiger partial charge in [-0.3, -0.25) is 29.2 Å². The number of fused-ring (bicyclic) bond motifs is 2. The van der Waals surface area contributed by atoms with Gasteiger partial charge in [-0.05, 0) is 134 Å². The van der Waals surface area contributed by atoms with E-state index < -0.39 is 34.0 Å². The van der Waals surface area contributed by atoms with E-state index in [1.165, 1.54) is 47.6 Å². The van der Waals surface area contributed by atoms with Crippen LogP contribution >= 0.6 is 22.7 Å². The van der Waals surface area contributed by atoms with E-state index in [1.54, 1.807) is 41.8 Å². The molecule has 94 heavy (non-hydrogen) atoms. The number of hydrogen-bond donors (Lipinski definition) is 4. The number of carbonyl (C=O) groups excluding carboxylic acids is 4. The Morgan fingerprint density at radius 2 is 1.61 bits per heavy atom. The van der Waals surface area contributed by atoms with Crippen molar-refractivity contribution in [3.05, 3.63) is 166 Å². The number of thiazole rings is 2. The third kappa shape index (κ3) is 13.6. The second-order valence-corrected chi connectivity index (χ2v) is 29.1. The number of ether oxygens (including phenoxy) is 1. The number of β-amino-alcohol motifs (C(OH)–C–C–N with tert-alkyl or cyclic N) is 1. The van der Waals surface area contributed by atoms with Gasteiger partial charge in [0.25, 0.3) is 27.7 Å². The molecule has 0 spiro atoms. The number of nitrogens with one attached hydrogen (secondary N) is 3. The summed E-state index contributed by atoms with van der Waals surface area (Å²) in [7, 11) is -4.43. The molecule has 1 unspecified atom stereocenters. The van der Waals surface area contributed by atoms with E-state index >= 15 is 0 Å². The van der Waals surface area contributed by atoms with Crippen molar-refractivity contribution in [3.63, 3.8) is 0 Å². The lowest BCUT2D eigenvalue weighted by Gasteiger charge is -2.33. The number of anilines is 3. The molecule has 8 heterocycles. The molecule has 9 aromatic rings. The molecule has 13 rings (SSSR count). The van der Waals surface area contributed by atoms with E-state index in [2.05, 4.69) is 35.4 Å². The number of rotatable bonds is 19. The molecule has 4 amide bonds. The number of nitrogens with zero attached hydrogens (tertiary/aromatic N) is 9. The number of carbonyl (C=O) groups is 4. The number of sulfonamides is 1. The maximum absolute atomic E-state index is 14.7. The Kier molecular flexibility index (Phi) is 18.5. The van der Waals surface area contributed by atoms with Gasteiger partial charge >= 0.3 is 0 Å². The molecule has 24 heteroatoms. The van der Waals surface area contributed by atoms with Crippen LogP contribution < -0.4 is 29.9 Å². The fourth-order valence-corrected chi connectivity index (χ4v) is 16.3. The molecule has 488 valence electrons. The van der Waals surface area contributed by atoms with Crippen LogP contribution in [-0.4, -0.2) is 116 Å². The lowest BCUT2D eigenvalue weighted by Crippen LogP contribution is -2.48. The molecular formula is C70H76N12O9S3. The molecule has 1 saturated carbocycles. The highest BCUT2D eigenvalue weighted by molar-refractivity contribution is 7.90. The minimum atomic E-state index is -4.43. The molecule has 1 aliphatic carbocycles. The molecule has 3 aliphatic heterocycles. The van der Waals surface area contributed by atoms with Crippen LogP contribution in [0.4, 0.5) is 16.6 Å². The Balaban J connectivity index is 0.652. The molecule has 0 bridgehead atoms. The zero-order valence-corrected chi connectivity index (χ0v) is 55.6. The highest BCUT2D eigenvalue weighted by Gasteiger charge is 2.44. The van der Waals surface area contributed by atoms with Gasteiger partial charge in [0, 0.05) is 92.7 Å². The first-order valence-corrected chi connectivity index (χ1v) is 35.5. The van der Waals surface area contributed by atoms with E-state index in [9.17, 15) is 32.7 Å². The van der Waals surface area contributed by atoms with Crippen LogP contribution in [0, 0.1) is 25.7 Å². The van der Waals surface area contributed by atoms with Crippen LogP contribution in [0.1, 0.15) is 139 Å². The summed E-state index contributed by atoms with van der Waals surface area (Å²) in [5.41, 5.74) is 10.6. The number of amides is 4. The standard InChI is InChI=1S/C70H76N12O9S3/c1-41(2)63(69(87)81-38-50(83)34-58(81)67(85)73-42(3)46-18-20-48(21-19-46)65-43(4)71-40-92-65)59-35-62(77-91-59)90-51-29-32-79(33-30-51)49-22-24-52(25-23-49)94(88,89)78-68(86)64-53(55-36-72-82(44(55)5)37-45-12-7-6-8-13-45)26-27-61(75-64)80-31-28-47-14-11-15-54(56(47)39-80)66(84)76-70-74-57-16-9-10-17-60(57)93-70/h9-11,14-27,35-36,40-42,45,50-51,58,63,83H,6-8,12-13,28-34,37-39H2,1-5H3,(H,73,85)(H,78,86)(H,74,76,84)/t42-,50+,58-,63?/m0/s1. The zero-order chi connectivity index (χ0) is 65.4. The predicted octanol–water partition coefficient (Wildman–Crippen LogP) is 11.4. The van der Waals surface area contributed by atoms with E-state index in [-0.39, 0.29) is 65.2 Å². The lowest BCUT2D eigenvalue weighted by atomic mass is 9.89. The maximum atomic E-state index is 14.7. The number of pyridine rings is 1. The van der Waals surface area contributed by atoms with Crippen LogP contribution in [0.15, 0.2) is 130 Å². The molecule has 2 saturated heterocycles. The second-order valence-electron chi connectivity index (χ2n) is 25.5. The average molecular weight is 1330 g/mol. The average Bonchev–Trinajstić information content (AvgIpc) is 1.21.